The lowest BCUT2D eigenvalue weighted by molar-refractivity contribution is 0.746. The van der Waals surface area contributed by atoms with Gasteiger partial charge in [-0.1, -0.05) is 24.9 Å². The molecule has 0 bridgehead atoms. The van der Waals surface area contributed by atoms with Crippen molar-refractivity contribution in [3.63, 3.8) is 0 Å². The summed E-state index contributed by atoms with van der Waals surface area (Å²) in [7, 11) is 0. The standard InChI is InChI=1S/C10H15ClN2/c1-4-5-6-9-12-8(3)7(2)10(11)13-9/h4-6H2,1-3H3. The topological polar surface area (TPSA) is 25.8 Å². The van der Waals surface area contributed by atoms with Crippen molar-refractivity contribution < 1.29 is 0 Å². The highest BCUT2D eigenvalue weighted by Gasteiger charge is 2.04. The van der Waals surface area contributed by atoms with Crippen molar-refractivity contribution in [3.8, 4) is 0 Å². The molecule has 0 saturated heterocycles. The highest BCUT2D eigenvalue weighted by atomic mass is 35.5. The molecule has 0 aliphatic rings. The van der Waals surface area contributed by atoms with Crippen LogP contribution in [0.3, 0.4) is 0 Å². The van der Waals surface area contributed by atoms with Crippen LogP contribution in [-0.4, -0.2) is 9.97 Å². The van der Waals surface area contributed by atoms with E-state index >= 15 is 0 Å². The summed E-state index contributed by atoms with van der Waals surface area (Å²) >= 11 is 5.95. The van der Waals surface area contributed by atoms with E-state index < -0.39 is 0 Å². The van der Waals surface area contributed by atoms with Crippen LogP contribution in [0.4, 0.5) is 0 Å². The molecule has 0 aliphatic carbocycles. The number of aromatic nitrogens is 2. The molecule has 0 radical (unpaired) electrons. The second-order valence-corrected chi connectivity index (χ2v) is 3.60. The van der Waals surface area contributed by atoms with Crippen LogP contribution >= 0.6 is 11.6 Å². The van der Waals surface area contributed by atoms with Crippen LogP contribution < -0.4 is 0 Å². The third-order valence-electron chi connectivity index (χ3n) is 2.13. The van der Waals surface area contributed by atoms with Crippen LogP contribution in [0, 0.1) is 13.8 Å². The lowest BCUT2D eigenvalue weighted by atomic mass is 10.2. The Labute approximate surface area is 84.4 Å². The fraction of sp³-hybridized carbons (Fsp3) is 0.600. The quantitative estimate of drug-likeness (QED) is 0.698. The molecule has 1 rings (SSSR count). The summed E-state index contributed by atoms with van der Waals surface area (Å²) in [5.74, 6) is 0.870. The minimum absolute atomic E-state index is 0.596. The highest BCUT2D eigenvalue weighted by molar-refractivity contribution is 6.30. The Kier molecular flexibility index (Phi) is 3.67. The Bertz CT molecular complexity index is 274. The SMILES string of the molecule is CCCCc1nc(C)c(C)c(Cl)n1. The molecule has 0 spiro atoms. The minimum Gasteiger partial charge on any atom is -0.238 e. The predicted molar refractivity (Wildman–Crippen MR) is 55.1 cm³/mol. The summed E-state index contributed by atoms with van der Waals surface area (Å²) < 4.78 is 0. The van der Waals surface area contributed by atoms with Gasteiger partial charge in [0.1, 0.15) is 11.0 Å². The molecule has 2 nitrogen and oxygen atoms in total. The van der Waals surface area contributed by atoms with Gasteiger partial charge in [0, 0.05) is 17.7 Å². The zero-order chi connectivity index (χ0) is 9.84. The van der Waals surface area contributed by atoms with Gasteiger partial charge in [-0.3, -0.25) is 0 Å². The maximum atomic E-state index is 5.95. The number of aryl methyl sites for hydroxylation is 2. The first kappa shape index (κ1) is 10.5. The number of rotatable bonds is 3. The molecule has 0 unspecified atom stereocenters. The maximum Gasteiger partial charge on any atom is 0.135 e. The molecule has 1 heterocycles. The maximum absolute atomic E-state index is 5.95. The number of halogens is 1. The van der Waals surface area contributed by atoms with E-state index in [0.717, 1.165) is 36.3 Å². The van der Waals surface area contributed by atoms with Crippen LogP contribution in [0.25, 0.3) is 0 Å². The van der Waals surface area contributed by atoms with E-state index in [2.05, 4.69) is 16.9 Å². The molecular weight excluding hydrogens is 184 g/mol. The van der Waals surface area contributed by atoms with Crippen LogP contribution in [-0.2, 0) is 6.42 Å². The molecule has 0 fully saturated rings. The first-order chi connectivity index (χ1) is 6.15. The van der Waals surface area contributed by atoms with Gasteiger partial charge in [-0.25, -0.2) is 9.97 Å². The zero-order valence-electron chi connectivity index (χ0n) is 8.39. The first-order valence-electron chi connectivity index (χ1n) is 4.64. The monoisotopic (exact) mass is 198 g/mol. The third kappa shape index (κ3) is 2.66. The number of hydrogen-bond donors (Lipinski definition) is 0. The van der Waals surface area contributed by atoms with E-state index in [9.17, 15) is 0 Å². The molecule has 1 aromatic heterocycles. The van der Waals surface area contributed by atoms with Crippen molar-refractivity contribution in [2.24, 2.45) is 0 Å². The van der Waals surface area contributed by atoms with Gasteiger partial charge < -0.3 is 0 Å². The van der Waals surface area contributed by atoms with Crippen LogP contribution in [0.2, 0.25) is 5.15 Å². The van der Waals surface area contributed by atoms with Crippen molar-refractivity contribution in [1.82, 2.24) is 9.97 Å². The Morgan fingerprint density at radius 2 is 1.92 bits per heavy atom. The Hall–Kier alpha value is -0.630. The summed E-state index contributed by atoms with van der Waals surface area (Å²) in [5, 5.41) is 0.596. The molecular formula is C10H15ClN2. The Balaban J connectivity index is 2.86. The predicted octanol–water partition coefficient (Wildman–Crippen LogP) is 3.09. The molecule has 72 valence electrons. The second-order valence-electron chi connectivity index (χ2n) is 3.24. The molecule has 0 saturated carbocycles. The molecule has 0 amide bonds. The van der Waals surface area contributed by atoms with Crippen molar-refractivity contribution >= 4 is 11.6 Å². The zero-order valence-corrected chi connectivity index (χ0v) is 9.15. The normalized spacial score (nSPS) is 10.5. The van der Waals surface area contributed by atoms with Gasteiger partial charge in [0.15, 0.2) is 0 Å². The molecule has 1 aromatic rings. The number of nitrogens with zero attached hydrogens (tertiary/aromatic N) is 2. The van der Waals surface area contributed by atoms with Gasteiger partial charge >= 0.3 is 0 Å². The van der Waals surface area contributed by atoms with E-state index in [-0.39, 0.29) is 0 Å². The van der Waals surface area contributed by atoms with Gasteiger partial charge in [-0.2, -0.15) is 0 Å². The summed E-state index contributed by atoms with van der Waals surface area (Å²) in [4.78, 5) is 8.60. The smallest absolute Gasteiger partial charge is 0.135 e. The van der Waals surface area contributed by atoms with E-state index in [1.165, 1.54) is 0 Å². The summed E-state index contributed by atoms with van der Waals surface area (Å²) in [5.41, 5.74) is 1.98. The fourth-order valence-corrected chi connectivity index (χ4v) is 1.33. The molecule has 13 heavy (non-hydrogen) atoms. The van der Waals surface area contributed by atoms with Crippen molar-refractivity contribution in [3.05, 3.63) is 22.2 Å². The number of hydrogen-bond acceptors (Lipinski definition) is 2. The van der Waals surface area contributed by atoms with E-state index in [1.807, 2.05) is 13.8 Å². The highest BCUT2D eigenvalue weighted by Crippen LogP contribution is 2.15. The van der Waals surface area contributed by atoms with Crippen LogP contribution in [0.1, 0.15) is 36.8 Å². The van der Waals surface area contributed by atoms with Crippen molar-refractivity contribution in [2.45, 2.75) is 40.0 Å². The van der Waals surface area contributed by atoms with Crippen LogP contribution in [0.15, 0.2) is 0 Å². The summed E-state index contributed by atoms with van der Waals surface area (Å²) in [6.07, 6.45) is 3.21. The average molecular weight is 199 g/mol. The van der Waals surface area contributed by atoms with E-state index in [0.29, 0.717) is 5.15 Å². The largest absolute Gasteiger partial charge is 0.238 e. The van der Waals surface area contributed by atoms with Gasteiger partial charge in [-0.15, -0.1) is 0 Å². The molecule has 0 atom stereocenters. The lowest BCUT2D eigenvalue weighted by Crippen LogP contribution is -2.00. The Morgan fingerprint density at radius 3 is 2.46 bits per heavy atom. The van der Waals surface area contributed by atoms with Crippen LogP contribution in [0.5, 0.6) is 0 Å². The van der Waals surface area contributed by atoms with Gasteiger partial charge in [0.25, 0.3) is 0 Å². The van der Waals surface area contributed by atoms with E-state index in [1.54, 1.807) is 0 Å². The average Bonchev–Trinajstić information content (AvgIpc) is 2.10. The number of unbranched alkanes of at least 4 members (excludes halogenated alkanes) is 1. The van der Waals surface area contributed by atoms with Gasteiger partial charge in [0.2, 0.25) is 0 Å². The van der Waals surface area contributed by atoms with Crippen molar-refractivity contribution in [1.29, 1.82) is 0 Å². The third-order valence-corrected chi connectivity index (χ3v) is 2.50. The summed E-state index contributed by atoms with van der Waals surface area (Å²) in [6.45, 7) is 6.07. The molecule has 0 N–H and O–H groups in total. The molecule has 0 aliphatic heterocycles. The Morgan fingerprint density at radius 1 is 1.23 bits per heavy atom. The second kappa shape index (κ2) is 4.56. The summed E-state index contributed by atoms with van der Waals surface area (Å²) in [6, 6.07) is 0. The van der Waals surface area contributed by atoms with Crippen molar-refractivity contribution in [2.75, 3.05) is 0 Å². The van der Waals surface area contributed by atoms with Gasteiger partial charge in [0.05, 0.1) is 0 Å². The first-order valence-corrected chi connectivity index (χ1v) is 5.02. The lowest BCUT2D eigenvalue weighted by Gasteiger charge is -2.04. The fourth-order valence-electron chi connectivity index (χ4n) is 1.10. The van der Waals surface area contributed by atoms with Gasteiger partial charge in [-0.05, 0) is 20.3 Å². The molecule has 3 heteroatoms. The minimum atomic E-state index is 0.596. The van der Waals surface area contributed by atoms with E-state index in [4.69, 9.17) is 11.6 Å². The molecule has 0 aromatic carbocycles.